The Morgan fingerprint density at radius 3 is 2.45 bits per heavy atom. The van der Waals surface area contributed by atoms with Crippen LogP contribution in [0.25, 0.3) is 0 Å². The molecule has 3 nitrogen and oxygen atoms in total. The van der Waals surface area contributed by atoms with E-state index in [0.29, 0.717) is 0 Å². The largest absolute Gasteiger partial charge is 0.468 e. The standard InChI is InChI=1S/C17H27NO2/c1-5-6-8-13-15(14-11-9-7-10-12-14)18-17(2,3)16(19)20-4/h7,9-12,15,18H,5-6,8,13H2,1-4H3. The molecule has 20 heavy (non-hydrogen) atoms. The summed E-state index contributed by atoms with van der Waals surface area (Å²) in [6.45, 7) is 5.94. The Morgan fingerprint density at radius 1 is 1.25 bits per heavy atom. The van der Waals surface area contributed by atoms with Gasteiger partial charge in [0.05, 0.1) is 7.11 Å². The summed E-state index contributed by atoms with van der Waals surface area (Å²) >= 11 is 0. The third-order valence-electron chi connectivity index (χ3n) is 3.53. The Balaban J connectivity index is 2.80. The van der Waals surface area contributed by atoms with Crippen LogP contribution in [0.5, 0.6) is 0 Å². The fourth-order valence-electron chi connectivity index (χ4n) is 2.36. The number of nitrogens with one attached hydrogen (secondary N) is 1. The average Bonchev–Trinajstić information content (AvgIpc) is 2.46. The van der Waals surface area contributed by atoms with E-state index in [1.54, 1.807) is 0 Å². The molecule has 1 aromatic rings. The minimum Gasteiger partial charge on any atom is -0.468 e. The van der Waals surface area contributed by atoms with E-state index in [-0.39, 0.29) is 12.0 Å². The van der Waals surface area contributed by atoms with E-state index in [9.17, 15) is 4.79 Å². The summed E-state index contributed by atoms with van der Waals surface area (Å²) in [6, 6.07) is 10.5. The second-order valence-electron chi connectivity index (χ2n) is 5.72. The minimum absolute atomic E-state index is 0.178. The molecule has 0 amide bonds. The summed E-state index contributed by atoms with van der Waals surface area (Å²) in [5.41, 5.74) is 0.544. The summed E-state index contributed by atoms with van der Waals surface area (Å²) in [4.78, 5) is 11.8. The van der Waals surface area contributed by atoms with E-state index >= 15 is 0 Å². The van der Waals surface area contributed by atoms with Gasteiger partial charge in [0.2, 0.25) is 0 Å². The molecule has 0 bridgehead atoms. The first-order chi connectivity index (χ1) is 9.51. The van der Waals surface area contributed by atoms with Crippen molar-refractivity contribution in [3.05, 3.63) is 35.9 Å². The van der Waals surface area contributed by atoms with Gasteiger partial charge < -0.3 is 4.74 Å². The normalized spacial score (nSPS) is 13.0. The summed E-state index contributed by atoms with van der Waals surface area (Å²) in [7, 11) is 1.43. The first-order valence-corrected chi connectivity index (χ1v) is 7.42. The van der Waals surface area contributed by atoms with Gasteiger partial charge in [0.15, 0.2) is 0 Å². The number of esters is 1. The van der Waals surface area contributed by atoms with Crippen LogP contribution in [0.4, 0.5) is 0 Å². The van der Waals surface area contributed by atoms with Gasteiger partial charge in [0.25, 0.3) is 0 Å². The van der Waals surface area contributed by atoms with Crippen molar-refractivity contribution >= 4 is 5.97 Å². The lowest BCUT2D eigenvalue weighted by molar-refractivity contribution is -0.147. The molecule has 1 N–H and O–H groups in total. The highest BCUT2D eigenvalue weighted by Crippen LogP contribution is 2.23. The van der Waals surface area contributed by atoms with E-state index in [1.807, 2.05) is 32.0 Å². The zero-order valence-electron chi connectivity index (χ0n) is 13.1. The van der Waals surface area contributed by atoms with E-state index in [2.05, 4.69) is 24.4 Å². The van der Waals surface area contributed by atoms with Crippen molar-refractivity contribution in [3.63, 3.8) is 0 Å². The summed E-state index contributed by atoms with van der Waals surface area (Å²) in [5.74, 6) is -0.228. The number of hydrogen-bond donors (Lipinski definition) is 1. The lowest BCUT2D eigenvalue weighted by Gasteiger charge is -2.30. The lowest BCUT2D eigenvalue weighted by atomic mass is 9.96. The first kappa shape index (κ1) is 16.7. The van der Waals surface area contributed by atoms with Crippen LogP contribution in [-0.2, 0) is 9.53 Å². The molecule has 0 fully saturated rings. The van der Waals surface area contributed by atoms with Gasteiger partial charge in [-0.25, -0.2) is 0 Å². The van der Waals surface area contributed by atoms with Crippen molar-refractivity contribution in [2.24, 2.45) is 0 Å². The number of unbranched alkanes of at least 4 members (excludes halogenated alkanes) is 2. The molecule has 0 saturated heterocycles. The SMILES string of the molecule is CCCCCC(NC(C)(C)C(=O)OC)c1ccccc1. The predicted molar refractivity (Wildman–Crippen MR) is 82.6 cm³/mol. The molecule has 0 aliphatic heterocycles. The number of rotatable bonds is 8. The second kappa shape index (κ2) is 8.05. The molecular weight excluding hydrogens is 250 g/mol. The molecule has 0 saturated carbocycles. The maximum atomic E-state index is 11.8. The van der Waals surface area contributed by atoms with Crippen LogP contribution in [0, 0.1) is 0 Å². The predicted octanol–water partition coefficient (Wildman–Crippen LogP) is 3.85. The molecule has 112 valence electrons. The van der Waals surface area contributed by atoms with Gasteiger partial charge in [0.1, 0.15) is 5.54 Å². The molecule has 1 atom stereocenters. The van der Waals surface area contributed by atoms with Gasteiger partial charge in [0, 0.05) is 6.04 Å². The Kier molecular flexibility index (Phi) is 6.73. The van der Waals surface area contributed by atoms with Gasteiger partial charge in [-0.3, -0.25) is 10.1 Å². The van der Waals surface area contributed by atoms with E-state index in [0.717, 1.165) is 12.8 Å². The summed E-state index contributed by atoms with van der Waals surface area (Å²) < 4.78 is 4.88. The van der Waals surface area contributed by atoms with Crippen LogP contribution >= 0.6 is 0 Å². The Morgan fingerprint density at radius 2 is 1.90 bits per heavy atom. The van der Waals surface area contributed by atoms with Crippen molar-refractivity contribution in [1.29, 1.82) is 0 Å². The molecule has 1 unspecified atom stereocenters. The van der Waals surface area contributed by atoms with Crippen LogP contribution in [0.1, 0.15) is 58.1 Å². The maximum absolute atomic E-state index is 11.8. The zero-order valence-corrected chi connectivity index (χ0v) is 13.1. The fraction of sp³-hybridized carbons (Fsp3) is 0.588. The molecule has 0 heterocycles. The highest BCUT2D eigenvalue weighted by atomic mass is 16.5. The molecule has 1 rings (SSSR count). The lowest BCUT2D eigenvalue weighted by Crippen LogP contribution is -2.49. The Labute approximate surface area is 122 Å². The number of carbonyl (C=O) groups is 1. The first-order valence-electron chi connectivity index (χ1n) is 7.42. The molecule has 0 radical (unpaired) electrons. The van der Waals surface area contributed by atoms with Crippen LogP contribution in [0.2, 0.25) is 0 Å². The number of ether oxygens (including phenoxy) is 1. The van der Waals surface area contributed by atoms with Crippen molar-refractivity contribution in [1.82, 2.24) is 5.32 Å². The van der Waals surface area contributed by atoms with Gasteiger partial charge in [-0.1, -0.05) is 56.5 Å². The molecule has 0 aromatic heterocycles. The Hall–Kier alpha value is -1.35. The third kappa shape index (κ3) is 4.97. The molecular formula is C17H27NO2. The maximum Gasteiger partial charge on any atom is 0.325 e. The molecule has 0 aliphatic rings. The highest BCUT2D eigenvalue weighted by molar-refractivity contribution is 5.79. The number of carbonyl (C=O) groups excluding carboxylic acids is 1. The molecule has 3 heteroatoms. The number of hydrogen-bond acceptors (Lipinski definition) is 3. The third-order valence-corrected chi connectivity index (χ3v) is 3.53. The minimum atomic E-state index is -0.679. The second-order valence-corrected chi connectivity index (χ2v) is 5.72. The molecule has 1 aromatic carbocycles. The average molecular weight is 277 g/mol. The van der Waals surface area contributed by atoms with Gasteiger partial charge >= 0.3 is 5.97 Å². The van der Waals surface area contributed by atoms with Crippen LogP contribution in [-0.4, -0.2) is 18.6 Å². The van der Waals surface area contributed by atoms with Crippen molar-refractivity contribution in [2.45, 2.75) is 58.0 Å². The van der Waals surface area contributed by atoms with E-state index in [1.165, 1.54) is 25.5 Å². The monoisotopic (exact) mass is 277 g/mol. The molecule has 0 aliphatic carbocycles. The highest BCUT2D eigenvalue weighted by Gasteiger charge is 2.31. The van der Waals surface area contributed by atoms with Crippen molar-refractivity contribution < 1.29 is 9.53 Å². The quantitative estimate of drug-likeness (QED) is 0.579. The molecule has 0 spiro atoms. The summed E-state index contributed by atoms with van der Waals surface area (Å²) in [6.07, 6.45) is 4.59. The van der Waals surface area contributed by atoms with E-state index < -0.39 is 5.54 Å². The van der Waals surface area contributed by atoms with Gasteiger partial charge in [-0.05, 0) is 25.8 Å². The number of methoxy groups -OCH3 is 1. The van der Waals surface area contributed by atoms with Crippen molar-refractivity contribution in [2.75, 3.05) is 7.11 Å². The Bertz CT molecular complexity index is 401. The van der Waals surface area contributed by atoms with Gasteiger partial charge in [-0.15, -0.1) is 0 Å². The topological polar surface area (TPSA) is 38.3 Å². The van der Waals surface area contributed by atoms with Crippen molar-refractivity contribution in [3.8, 4) is 0 Å². The zero-order chi connectivity index (χ0) is 15.0. The summed E-state index contributed by atoms with van der Waals surface area (Å²) in [5, 5.41) is 3.44. The van der Waals surface area contributed by atoms with Crippen LogP contribution in [0.15, 0.2) is 30.3 Å². The van der Waals surface area contributed by atoms with Crippen LogP contribution < -0.4 is 5.32 Å². The van der Waals surface area contributed by atoms with E-state index in [4.69, 9.17) is 4.74 Å². The van der Waals surface area contributed by atoms with Gasteiger partial charge in [-0.2, -0.15) is 0 Å². The van der Waals surface area contributed by atoms with Crippen LogP contribution in [0.3, 0.4) is 0 Å². The smallest absolute Gasteiger partial charge is 0.325 e. The fourth-order valence-corrected chi connectivity index (χ4v) is 2.36. The number of benzene rings is 1.